The van der Waals surface area contributed by atoms with Gasteiger partial charge in [-0.2, -0.15) is 0 Å². The minimum atomic E-state index is -1.31. The van der Waals surface area contributed by atoms with Crippen molar-refractivity contribution in [2.75, 3.05) is 0 Å². The van der Waals surface area contributed by atoms with E-state index in [0.717, 1.165) is 11.6 Å². The summed E-state index contributed by atoms with van der Waals surface area (Å²) in [4.78, 5) is 12.5. The highest BCUT2D eigenvalue weighted by Gasteiger charge is 2.21. The van der Waals surface area contributed by atoms with Crippen molar-refractivity contribution in [2.24, 2.45) is 0 Å². The summed E-state index contributed by atoms with van der Waals surface area (Å²) in [5.74, 6) is -5.36. The van der Waals surface area contributed by atoms with Crippen LogP contribution in [0.2, 0.25) is 0 Å². The van der Waals surface area contributed by atoms with Gasteiger partial charge < -0.3 is 4.74 Å². The summed E-state index contributed by atoms with van der Waals surface area (Å²) < 4.78 is 63.0. The largest absolute Gasteiger partial charge is 0.423 e. The number of carbonyl (C=O) groups is 1. The molecular formula is C28H20F4O2. The third-order valence-corrected chi connectivity index (χ3v) is 5.58. The van der Waals surface area contributed by atoms with Crippen LogP contribution in [0.4, 0.5) is 17.6 Å². The van der Waals surface area contributed by atoms with Gasteiger partial charge in [0.1, 0.15) is 5.75 Å². The van der Waals surface area contributed by atoms with Crippen LogP contribution in [0.5, 0.6) is 5.75 Å². The van der Waals surface area contributed by atoms with Crippen LogP contribution >= 0.6 is 0 Å². The molecule has 4 aromatic rings. The molecule has 0 aliphatic carbocycles. The Morgan fingerprint density at radius 3 is 1.79 bits per heavy atom. The van der Waals surface area contributed by atoms with Gasteiger partial charge in [0.15, 0.2) is 23.3 Å². The molecule has 0 saturated carbocycles. The average molecular weight is 464 g/mol. The van der Waals surface area contributed by atoms with Crippen LogP contribution in [-0.2, 0) is 6.42 Å². The molecule has 0 heterocycles. The van der Waals surface area contributed by atoms with E-state index in [1.54, 1.807) is 31.2 Å². The Balaban J connectivity index is 1.55. The topological polar surface area (TPSA) is 26.3 Å². The van der Waals surface area contributed by atoms with Gasteiger partial charge in [0, 0.05) is 11.1 Å². The lowest BCUT2D eigenvalue weighted by molar-refractivity contribution is 0.0728. The van der Waals surface area contributed by atoms with E-state index >= 15 is 0 Å². The second-order valence-electron chi connectivity index (χ2n) is 7.82. The van der Waals surface area contributed by atoms with Crippen LogP contribution < -0.4 is 4.74 Å². The zero-order chi connectivity index (χ0) is 24.4. The molecule has 0 atom stereocenters. The van der Waals surface area contributed by atoms with Crippen LogP contribution in [0.25, 0.3) is 22.3 Å². The lowest BCUT2D eigenvalue weighted by Gasteiger charge is -2.10. The minimum absolute atomic E-state index is 0.0294. The van der Waals surface area contributed by atoms with Gasteiger partial charge in [0.2, 0.25) is 0 Å². The maximum Gasteiger partial charge on any atom is 0.346 e. The Hall–Kier alpha value is -3.93. The van der Waals surface area contributed by atoms with Crippen LogP contribution in [0.1, 0.15) is 28.4 Å². The van der Waals surface area contributed by atoms with E-state index in [-0.39, 0.29) is 22.4 Å². The van der Waals surface area contributed by atoms with E-state index in [0.29, 0.717) is 17.5 Å². The van der Waals surface area contributed by atoms with Crippen molar-refractivity contribution in [3.05, 3.63) is 113 Å². The third kappa shape index (κ3) is 4.44. The van der Waals surface area contributed by atoms with Crippen LogP contribution in [0, 0.1) is 30.2 Å². The molecule has 0 fully saturated rings. The van der Waals surface area contributed by atoms with E-state index in [1.165, 1.54) is 42.5 Å². The molecule has 4 aromatic carbocycles. The number of esters is 1. The Kier molecular flexibility index (Phi) is 6.50. The molecule has 0 aliphatic rings. The van der Waals surface area contributed by atoms with Gasteiger partial charge in [-0.25, -0.2) is 22.4 Å². The SMILES string of the molecule is CCc1ccc(-c2ccc(OC(=O)c3ccc(-c4ccc(C)cc4)c(F)c3F)cc2)c(F)c1F. The fourth-order valence-corrected chi connectivity index (χ4v) is 3.61. The Morgan fingerprint density at radius 2 is 1.21 bits per heavy atom. The molecule has 0 bridgehead atoms. The lowest BCUT2D eigenvalue weighted by atomic mass is 10.0. The maximum absolute atomic E-state index is 14.7. The summed E-state index contributed by atoms with van der Waals surface area (Å²) in [6, 6.07) is 18.0. The molecule has 0 amide bonds. The molecule has 0 spiro atoms. The first-order chi connectivity index (χ1) is 16.3. The Morgan fingerprint density at radius 1 is 0.676 bits per heavy atom. The molecule has 2 nitrogen and oxygen atoms in total. The summed E-state index contributed by atoms with van der Waals surface area (Å²) >= 11 is 0. The zero-order valence-electron chi connectivity index (χ0n) is 18.5. The van der Waals surface area contributed by atoms with Crippen LogP contribution in [0.3, 0.4) is 0 Å². The van der Waals surface area contributed by atoms with Crippen molar-refractivity contribution < 1.29 is 27.1 Å². The predicted octanol–water partition coefficient (Wildman–Crippen LogP) is 7.67. The van der Waals surface area contributed by atoms with E-state index in [1.807, 2.05) is 6.92 Å². The first kappa shape index (κ1) is 23.2. The van der Waals surface area contributed by atoms with E-state index in [9.17, 15) is 22.4 Å². The number of benzene rings is 4. The lowest BCUT2D eigenvalue weighted by Crippen LogP contribution is -2.12. The monoisotopic (exact) mass is 464 g/mol. The first-order valence-electron chi connectivity index (χ1n) is 10.6. The molecule has 34 heavy (non-hydrogen) atoms. The summed E-state index contributed by atoms with van der Waals surface area (Å²) in [5.41, 5.74) is 1.64. The molecule has 172 valence electrons. The highest BCUT2D eigenvalue weighted by molar-refractivity contribution is 5.92. The maximum atomic E-state index is 14.7. The first-order valence-corrected chi connectivity index (χ1v) is 10.6. The smallest absolute Gasteiger partial charge is 0.346 e. The van der Waals surface area contributed by atoms with Crippen molar-refractivity contribution >= 4 is 5.97 Å². The third-order valence-electron chi connectivity index (χ3n) is 5.58. The predicted molar refractivity (Wildman–Crippen MR) is 123 cm³/mol. The second kappa shape index (κ2) is 9.51. The van der Waals surface area contributed by atoms with Crippen molar-refractivity contribution in [1.82, 2.24) is 0 Å². The van der Waals surface area contributed by atoms with Crippen molar-refractivity contribution in [1.29, 1.82) is 0 Å². The van der Waals surface area contributed by atoms with E-state index in [2.05, 4.69) is 0 Å². The van der Waals surface area contributed by atoms with Crippen LogP contribution in [-0.4, -0.2) is 5.97 Å². The van der Waals surface area contributed by atoms with Crippen LogP contribution in [0.15, 0.2) is 72.8 Å². The number of carbonyl (C=O) groups excluding carboxylic acids is 1. The number of hydrogen-bond donors (Lipinski definition) is 0. The van der Waals surface area contributed by atoms with E-state index < -0.39 is 34.8 Å². The van der Waals surface area contributed by atoms with Gasteiger partial charge >= 0.3 is 5.97 Å². The minimum Gasteiger partial charge on any atom is -0.423 e. The summed E-state index contributed by atoms with van der Waals surface area (Å²) in [6.07, 6.45) is 0.362. The molecule has 4 rings (SSSR count). The van der Waals surface area contributed by atoms with Gasteiger partial charge in [0.05, 0.1) is 5.56 Å². The zero-order valence-corrected chi connectivity index (χ0v) is 18.5. The van der Waals surface area contributed by atoms with E-state index in [4.69, 9.17) is 4.74 Å². The Labute approximate surface area is 194 Å². The average Bonchev–Trinajstić information content (AvgIpc) is 2.84. The molecule has 0 saturated heterocycles. The van der Waals surface area contributed by atoms with Crippen molar-refractivity contribution in [2.45, 2.75) is 20.3 Å². The normalized spacial score (nSPS) is 10.9. The Bertz CT molecular complexity index is 1360. The highest BCUT2D eigenvalue weighted by atomic mass is 19.2. The molecule has 6 heteroatoms. The van der Waals surface area contributed by atoms with Gasteiger partial charge in [-0.15, -0.1) is 0 Å². The quantitative estimate of drug-likeness (QED) is 0.172. The highest BCUT2D eigenvalue weighted by Crippen LogP contribution is 2.30. The van der Waals surface area contributed by atoms with Gasteiger partial charge in [-0.3, -0.25) is 0 Å². The summed E-state index contributed by atoms with van der Waals surface area (Å²) in [6.45, 7) is 3.61. The molecule has 0 unspecified atom stereocenters. The van der Waals surface area contributed by atoms with Gasteiger partial charge in [0.25, 0.3) is 0 Å². The summed E-state index contributed by atoms with van der Waals surface area (Å²) in [5, 5.41) is 0. The molecular weight excluding hydrogens is 444 g/mol. The fraction of sp³-hybridized carbons (Fsp3) is 0.107. The second-order valence-corrected chi connectivity index (χ2v) is 7.82. The molecule has 0 aliphatic heterocycles. The van der Waals surface area contributed by atoms with Gasteiger partial charge in [-0.05, 0) is 48.2 Å². The number of ether oxygens (including phenoxy) is 1. The number of halogens is 4. The number of aryl methyl sites for hydroxylation is 2. The van der Waals surface area contributed by atoms with Crippen molar-refractivity contribution in [3.8, 4) is 28.0 Å². The van der Waals surface area contributed by atoms with Crippen molar-refractivity contribution in [3.63, 3.8) is 0 Å². The fourth-order valence-electron chi connectivity index (χ4n) is 3.61. The molecule has 0 radical (unpaired) electrons. The summed E-state index contributed by atoms with van der Waals surface area (Å²) in [7, 11) is 0. The molecule has 0 N–H and O–H groups in total. The number of rotatable bonds is 5. The molecule has 0 aromatic heterocycles. The standard InChI is InChI=1S/C28H20F4O2/c1-3-17-10-13-21(25(30)24(17)29)19-8-11-20(12-9-19)34-28(33)23-15-14-22(26(31)27(23)32)18-6-4-16(2)5-7-18/h4-15H,3H2,1-2H3. The van der Waals surface area contributed by atoms with Gasteiger partial charge in [-0.1, -0.05) is 67.1 Å². The number of hydrogen-bond acceptors (Lipinski definition) is 2.